The Labute approximate surface area is 120 Å². The Balaban J connectivity index is 1.83. The summed E-state index contributed by atoms with van der Waals surface area (Å²) in [5.41, 5.74) is 0. The summed E-state index contributed by atoms with van der Waals surface area (Å²) in [5.74, 6) is -2.03. The van der Waals surface area contributed by atoms with Crippen molar-refractivity contribution in [1.82, 2.24) is 10.2 Å². The van der Waals surface area contributed by atoms with E-state index in [0.29, 0.717) is 25.4 Å². The molecule has 5 nitrogen and oxygen atoms in total. The Hall–Kier alpha value is -1.36. The largest absolute Gasteiger partial charge is 0.481 e. The minimum Gasteiger partial charge on any atom is -0.481 e. The summed E-state index contributed by atoms with van der Waals surface area (Å²) in [6, 6.07) is 0.945. The first-order valence-corrected chi connectivity index (χ1v) is 7.38. The maximum atomic E-state index is 12.2. The number of hydrogen-bond donors (Lipinski definition) is 2. The van der Waals surface area contributed by atoms with Crippen molar-refractivity contribution >= 4 is 11.9 Å². The van der Waals surface area contributed by atoms with Gasteiger partial charge < -0.3 is 10.4 Å². The molecule has 0 aromatic rings. The lowest BCUT2D eigenvalue weighted by atomic mass is 9.82. The van der Waals surface area contributed by atoms with Crippen LogP contribution in [-0.4, -0.2) is 47.6 Å². The molecular formula is C15H24N2O3. The van der Waals surface area contributed by atoms with Gasteiger partial charge in [-0.3, -0.25) is 14.5 Å². The van der Waals surface area contributed by atoms with Crippen LogP contribution in [0.4, 0.5) is 0 Å². The van der Waals surface area contributed by atoms with Crippen LogP contribution in [0.15, 0.2) is 12.2 Å². The lowest BCUT2D eigenvalue weighted by Gasteiger charge is -2.28. The normalized spacial score (nSPS) is 27.4. The van der Waals surface area contributed by atoms with Gasteiger partial charge in [0.25, 0.3) is 0 Å². The molecular weight excluding hydrogens is 256 g/mol. The summed E-state index contributed by atoms with van der Waals surface area (Å²) in [6.07, 6.45) is 7.21. The van der Waals surface area contributed by atoms with Gasteiger partial charge in [-0.25, -0.2) is 0 Å². The zero-order chi connectivity index (χ0) is 14.7. The molecule has 0 aromatic heterocycles. The molecule has 5 heteroatoms. The van der Waals surface area contributed by atoms with Crippen molar-refractivity contribution < 1.29 is 14.7 Å². The Morgan fingerprint density at radius 2 is 1.90 bits per heavy atom. The number of hydrogen-bond acceptors (Lipinski definition) is 3. The molecule has 1 unspecified atom stereocenters. The molecule has 2 aliphatic carbocycles. The van der Waals surface area contributed by atoms with Gasteiger partial charge in [-0.15, -0.1) is 0 Å². The van der Waals surface area contributed by atoms with Gasteiger partial charge in [0.2, 0.25) is 5.91 Å². The van der Waals surface area contributed by atoms with E-state index in [1.807, 2.05) is 12.2 Å². The predicted molar refractivity (Wildman–Crippen MR) is 76.2 cm³/mol. The number of aliphatic carboxylic acids is 1. The predicted octanol–water partition coefficient (Wildman–Crippen LogP) is 1.25. The fraction of sp³-hybridized carbons (Fsp3) is 0.733. The van der Waals surface area contributed by atoms with Crippen molar-refractivity contribution in [3.8, 4) is 0 Å². The van der Waals surface area contributed by atoms with Gasteiger partial charge >= 0.3 is 5.97 Å². The molecule has 112 valence electrons. The minimum absolute atomic E-state index is 0.127. The number of carboxylic acids is 1. The monoisotopic (exact) mass is 280 g/mol. The van der Waals surface area contributed by atoms with Crippen LogP contribution in [0.25, 0.3) is 0 Å². The number of carbonyl (C=O) groups is 2. The second-order valence-electron chi connectivity index (χ2n) is 5.98. The summed E-state index contributed by atoms with van der Waals surface area (Å²) in [6.45, 7) is 2.67. The Morgan fingerprint density at radius 1 is 1.30 bits per heavy atom. The highest BCUT2D eigenvalue weighted by atomic mass is 16.4. The van der Waals surface area contributed by atoms with E-state index in [0.717, 1.165) is 0 Å². The van der Waals surface area contributed by atoms with Gasteiger partial charge in [0.1, 0.15) is 0 Å². The standard InChI is InChI=1S/C15H24N2O3/c1-10(17(2)11-7-8-11)9-16-14(18)12-5-3-4-6-13(12)15(19)20/h3-4,10-13H,5-9H2,1-2H3,(H,16,18)(H,19,20)/t10?,12-,13+/m1/s1. The molecule has 0 radical (unpaired) electrons. The molecule has 1 amide bonds. The van der Waals surface area contributed by atoms with Crippen LogP contribution < -0.4 is 5.32 Å². The SMILES string of the molecule is CC(CNC(=O)[C@@H]1CC=CC[C@@H]1C(=O)O)N(C)C1CC1. The van der Waals surface area contributed by atoms with Crippen molar-refractivity contribution in [2.45, 2.75) is 44.7 Å². The van der Waals surface area contributed by atoms with E-state index >= 15 is 0 Å². The second-order valence-corrected chi connectivity index (χ2v) is 5.98. The number of nitrogens with one attached hydrogen (secondary N) is 1. The fourth-order valence-electron chi connectivity index (χ4n) is 2.74. The lowest BCUT2D eigenvalue weighted by molar-refractivity contribution is -0.147. The average Bonchev–Trinajstić information content (AvgIpc) is 3.28. The third kappa shape index (κ3) is 3.60. The molecule has 20 heavy (non-hydrogen) atoms. The molecule has 1 fully saturated rings. The van der Waals surface area contributed by atoms with E-state index in [1.54, 1.807) is 0 Å². The molecule has 0 heterocycles. The highest BCUT2D eigenvalue weighted by Gasteiger charge is 2.34. The summed E-state index contributed by atoms with van der Waals surface area (Å²) in [7, 11) is 2.08. The summed E-state index contributed by atoms with van der Waals surface area (Å²) < 4.78 is 0. The van der Waals surface area contributed by atoms with Crippen LogP contribution in [0.3, 0.4) is 0 Å². The number of rotatable bonds is 6. The van der Waals surface area contributed by atoms with E-state index in [9.17, 15) is 14.7 Å². The van der Waals surface area contributed by atoms with E-state index < -0.39 is 17.8 Å². The number of carboxylic acid groups (broad SMARTS) is 1. The van der Waals surface area contributed by atoms with Crippen molar-refractivity contribution in [3.63, 3.8) is 0 Å². The van der Waals surface area contributed by atoms with Crippen molar-refractivity contribution in [1.29, 1.82) is 0 Å². The smallest absolute Gasteiger partial charge is 0.307 e. The maximum absolute atomic E-state index is 12.2. The highest BCUT2D eigenvalue weighted by molar-refractivity contribution is 5.85. The number of amides is 1. The highest BCUT2D eigenvalue weighted by Crippen LogP contribution is 2.27. The van der Waals surface area contributed by atoms with Crippen LogP contribution >= 0.6 is 0 Å². The summed E-state index contributed by atoms with van der Waals surface area (Å²) >= 11 is 0. The third-order valence-corrected chi connectivity index (χ3v) is 4.48. The quantitative estimate of drug-likeness (QED) is 0.719. The van der Waals surface area contributed by atoms with Gasteiger partial charge in [0, 0.05) is 18.6 Å². The first-order valence-electron chi connectivity index (χ1n) is 7.38. The van der Waals surface area contributed by atoms with Crippen molar-refractivity contribution in [2.24, 2.45) is 11.8 Å². The molecule has 2 aliphatic rings. The number of likely N-dealkylation sites (N-methyl/N-ethyl adjacent to an activating group) is 1. The van der Waals surface area contributed by atoms with Crippen LogP contribution in [0.5, 0.6) is 0 Å². The lowest BCUT2D eigenvalue weighted by Crippen LogP contribution is -2.45. The maximum Gasteiger partial charge on any atom is 0.307 e. The summed E-state index contributed by atoms with van der Waals surface area (Å²) in [5, 5.41) is 12.1. The number of nitrogens with zero attached hydrogens (tertiary/aromatic N) is 1. The van der Waals surface area contributed by atoms with Gasteiger partial charge in [-0.1, -0.05) is 12.2 Å². The molecule has 0 aliphatic heterocycles. The Morgan fingerprint density at radius 3 is 2.45 bits per heavy atom. The van der Waals surface area contributed by atoms with Crippen LogP contribution in [0.1, 0.15) is 32.6 Å². The van der Waals surface area contributed by atoms with Gasteiger partial charge in [0.15, 0.2) is 0 Å². The molecule has 1 saturated carbocycles. The average molecular weight is 280 g/mol. The third-order valence-electron chi connectivity index (χ3n) is 4.48. The van der Waals surface area contributed by atoms with Crippen LogP contribution in [0, 0.1) is 11.8 Å². The molecule has 0 aromatic carbocycles. The van der Waals surface area contributed by atoms with E-state index in [2.05, 4.69) is 24.2 Å². The molecule has 2 N–H and O–H groups in total. The minimum atomic E-state index is -0.877. The van der Waals surface area contributed by atoms with Gasteiger partial charge in [0.05, 0.1) is 11.8 Å². The van der Waals surface area contributed by atoms with E-state index in [4.69, 9.17) is 0 Å². The van der Waals surface area contributed by atoms with Crippen molar-refractivity contribution in [3.05, 3.63) is 12.2 Å². The Kier molecular flexibility index (Phi) is 4.81. The molecule has 0 bridgehead atoms. The first kappa shape index (κ1) is 15.0. The zero-order valence-corrected chi connectivity index (χ0v) is 12.2. The first-order chi connectivity index (χ1) is 9.50. The van der Waals surface area contributed by atoms with E-state index in [1.165, 1.54) is 12.8 Å². The zero-order valence-electron chi connectivity index (χ0n) is 12.2. The van der Waals surface area contributed by atoms with Gasteiger partial charge in [-0.2, -0.15) is 0 Å². The van der Waals surface area contributed by atoms with Crippen molar-refractivity contribution in [2.75, 3.05) is 13.6 Å². The fourth-order valence-corrected chi connectivity index (χ4v) is 2.74. The molecule has 3 atom stereocenters. The Bertz CT molecular complexity index is 404. The van der Waals surface area contributed by atoms with Crippen LogP contribution in [0.2, 0.25) is 0 Å². The number of carbonyl (C=O) groups excluding carboxylic acids is 1. The number of allylic oxidation sites excluding steroid dienone is 2. The summed E-state index contributed by atoms with van der Waals surface area (Å²) in [4.78, 5) is 25.7. The second kappa shape index (κ2) is 6.39. The topological polar surface area (TPSA) is 69.6 Å². The van der Waals surface area contributed by atoms with Gasteiger partial charge in [-0.05, 0) is 39.7 Å². The molecule has 0 spiro atoms. The van der Waals surface area contributed by atoms with Crippen LogP contribution in [-0.2, 0) is 9.59 Å². The van der Waals surface area contributed by atoms with E-state index in [-0.39, 0.29) is 11.9 Å². The molecule has 2 rings (SSSR count). The molecule has 0 saturated heterocycles.